The van der Waals surface area contributed by atoms with E-state index in [0.29, 0.717) is 11.3 Å². The van der Waals surface area contributed by atoms with Crippen LogP contribution in [-0.2, 0) is 6.54 Å². The Morgan fingerprint density at radius 2 is 2.27 bits per heavy atom. The highest BCUT2D eigenvalue weighted by molar-refractivity contribution is 7.16. The van der Waals surface area contributed by atoms with E-state index >= 15 is 0 Å². The number of benzene rings is 1. The minimum absolute atomic E-state index is 0.603. The van der Waals surface area contributed by atoms with Crippen molar-refractivity contribution in [2.75, 3.05) is 0 Å². The molecule has 0 aliphatic carbocycles. The molecule has 0 fully saturated rings. The van der Waals surface area contributed by atoms with Crippen molar-refractivity contribution in [3.8, 4) is 0 Å². The number of para-hydroxylation sites is 1. The van der Waals surface area contributed by atoms with Gasteiger partial charge < -0.3 is 4.57 Å². The maximum atomic E-state index is 10.2. The SMILES string of the molecule is C=CCn1/c(=N/N=O)sc2ccccc21. The molecule has 15 heavy (non-hydrogen) atoms. The summed E-state index contributed by atoms with van der Waals surface area (Å²) in [6.45, 7) is 4.30. The lowest BCUT2D eigenvalue weighted by Gasteiger charge is -1.98. The van der Waals surface area contributed by atoms with Crippen molar-refractivity contribution in [1.82, 2.24) is 4.57 Å². The van der Waals surface area contributed by atoms with Crippen molar-refractivity contribution < 1.29 is 0 Å². The number of fused-ring (bicyclic) bond motifs is 1. The van der Waals surface area contributed by atoms with Crippen molar-refractivity contribution in [1.29, 1.82) is 0 Å². The first kappa shape index (κ1) is 9.79. The molecule has 0 aliphatic heterocycles. The first-order valence-corrected chi connectivity index (χ1v) is 5.24. The number of hydrogen-bond donors (Lipinski definition) is 0. The van der Waals surface area contributed by atoms with E-state index in [9.17, 15) is 4.91 Å². The Labute approximate surface area is 90.1 Å². The Bertz CT molecular complexity index is 567. The highest BCUT2D eigenvalue weighted by Gasteiger charge is 2.03. The number of allylic oxidation sites excluding steroid dienone is 1. The van der Waals surface area contributed by atoms with E-state index in [1.807, 2.05) is 28.8 Å². The average Bonchev–Trinajstić information content (AvgIpc) is 2.59. The summed E-state index contributed by atoms with van der Waals surface area (Å²) in [4.78, 5) is 10.8. The molecule has 5 heteroatoms. The molecular weight excluding hydrogens is 210 g/mol. The summed E-state index contributed by atoms with van der Waals surface area (Å²) in [5.74, 6) is 0. The van der Waals surface area contributed by atoms with E-state index in [4.69, 9.17) is 0 Å². The Morgan fingerprint density at radius 1 is 1.47 bits per heavy atom. The summed E-state index contributed by atoms with van der Waals surface area (Å²) in [7, 11) is 0. The number of nitroso groups, excluding NO2 is 1. The second-order valence-electron chi connectivity index (χ2n) is 2.93. The van der Waals surface area contributed by atoms with Crippen LogP contribution in [0.5, 0.6) is 0 Å². The molecule has 1 heterocycles. The van der Waals surface area contributed by atoms with Crippen LogP contribution in [0, 0.1) is 4.91 Å². The van der Waals surface area contributed by atoms with Crippen molar-refractivity contribution in [2.45, 2.75) is 6.54 Å². The smallest absolute Gasteiger partial charge is 0.215 e. The Balaban J connectivity index is 2.79. The van der Waals surface area contributed by atoms with Gasteiger partial charge in [0.25, 0.3) is 0 Å². The molecule has 2 rings (SSSR count). The third-order valence-electron chi connectivity index (χ3n) is 2.03. The van der Waals surface area contributed by atoms with Crippen molar-refractivity contribution in [3.63, 3.8) is 0 Å². The summed E-state index contributed by atoms with van der Waals surface area (Å²) in [6.07, 6.45) is 1.77. The molecule has 0 radical (unpaired) electrons. The van der Waals surface area contributed by atoms with Crippen LogP contribution in [0.2, 0.25) is 0 Å². The normalized spacial score (nSPS) is 11.9. The highest BCUT2D eigenvalue weighted by atomic mass is 32.1. The molecule has 4 nitrogen and oxygen atoms in total. The van der Waals surface area contributed by atoms with Gasteiger partial charge >= 0.3 is 0 Å². The molecule has 1 aromatic carbocycles. The minimum atomic E-state index is 0.603. The molecule has 0 saturated carbocycles. The number of nitrogens with zero attached hydrogens (tertiary/aromatic N) is 3. The van der Waals surface area contributed by atoms with Gasteiger partial charge in [0.15, 0.2) is 0 Å². The molecular formula is C10H9N3OS. The molecule has 1 aromatic heterocycles. The zero-order valence-corrected chi connectivity index (χ0v) is 8.78. The second kappa shape index (κ2) is 4.18. The molecule has 2 aromatic rings. The fraction of sp³-hybridized carbons (Fsp3) is 0.100. The lowest BCUT2D eigenvalue weighted by Crippen LogP contribution is -2.12. The standard InChI is InChI=1S/C10H9N3OS/c1-2-7-13-8-5-3-4-6-9(8)15-10(13)11-12-14/h2-6H,1,7H2/b11-10-. The quantitative estimate of drug-likeness (QED) is 0.444. The summed E-state index contributed by atoms with van der Waals surface area (Å²) >= 11 is 1.44. The van der Waals surface area contributed by atoms with Gasteiger partial charge in [-0.15, -0.1) is 11.5 Å². The summed E-state index contributed by atoms with van der Waals surface area (Å²) in [6, 6.07) is 7.88. The third kappa shape index (κ3) is 1.73. The van der Waals surface area contributed by atoms with Crippen molar-refractivity contribution in [3.05, 3.63) is 46.6 Å². The first-order chi connectivity index (χ1) is 7.36. The maximum Gasteiger partial charge on any atom is 0.215 e. The average molecular weight is 219 g/mol. The van der Waals surface area contributed by atoms with Gasteiger partial charge in [-0.3, -0.25) is 0 Å². The lowest BCUT2D eigenvalue weighted by atomic mass is 10.3. The molecule has 0 bridgehead atoms. The van der Waals surface area contributed by atoms with E-state index in [-0.39, 0.29) is 0 Å². The highest BCUT2D eigenvalue weighted by Crippen LogP contribution is 2.16. The first-order valence-electron chi connectivity index (χ1n) is 4.42. The molecule has 0 saturated heterocycles. The fourth-order valence-corrected chi connectivity index (χ4v) is 2.42. The maximum absolute atomic E-state index is 10.2. The van der Waals surface area contributed by atoms with Crippen molar-refractivity contribution >= 4 is 21.6 Å². The lowest BCUT2D eigenvalue weighted by molar-refractivity contribution is 0.810. The fourth-order valence-electron chi connectivity index (χ4n) is 1.44. The Kier molecular flexibility index (Phi) is 2.73. The Hall–Kier alpha value is -1.75. The molecule has 76 valence electrons. The van der Waals surface area contributed by atoms with Gasteiger partial charge in [0.2, 0.25) is 4.80 Å². The van der Waals surface area contributed by atoms with Crippen LogP contribution in [-0.4, -0.2) is 4.57 Å². The van der Waals surface area contributed by atoms with E-state index in [1.54, 1.807) is 6.08 Å². The van der Waals surface area contributed by atoms with E-state index in [2.05, 4.69) is 17.0 Å². The van der Waals surface area contributed by atoms with Crippen LogP contribution in [0.4, 0.5) is 0 Å². The van der Waals surface area contributed by atoms with Gasteiger partial charge in [0.1, 0.15) is 0 Å². The van der Waals surface area contributed by atoms with Crippen LogP contribution in [0.3, 0.4) is 0 Å². The molecule has 0 amide bonds. The second-order valence-corrected chi connectivity index (χ2v) is 3.94. The molecule has 0 spiro atoms. The van der Waals surface area contributed by atoms with E-state index in [1.165, 1.54) is 11.3 Å². The molecule has 0 N–H and O–H groups in total. The van der Waals surface area contributed by atoms with E-state index < -0.39 is 0 Å². The third-order valence-corrected chi connectivity index (χ3v) is 3.08. The zero-order valence-electron chi connectivity index (χ0n) is 7.96. The number of rotatable bonds is 3. The van der Waals surface area contributed by atoms with Gasteiger partial charge in [-0.25, -0.2) is 0 Å². The van der Waals surface area contributed by atoms with Crippen LogP contribution in [0.25, 0.3) is 10.2 Å². The van der Waals surface area contributed by atoms with Crippen LogP contribution in [0.15, 0.2) is 47.3 Å². The Morgan fingerprint density at radius 3 is 3.00 bits per heavy atom. The van der Waals surface area contributed by atoms with Crippen LogP contribution < -0.4 is 4.80 Å². The largest absolute Gasteiger partial charge is 0.311 e. The summed E-state index contributed by atoms with van der Waals surface area (Å²) in [5, 5.41) is 6.14. The van der Waals surface area contributed by atoms with Crippen LogP contribution >= 0.6 is 11.3 Å². The minimum Gasteiger partial charge on any atom is -0.311 e. The monoisotopic (exact) mass is 219 g/mol. The van der Waals surface area contributed by atoms with Gasteiger partial charge in [-0.2, -0.15) is 0 Å². The predicted molar refractivity (Wildman–Crippen MR) is 61.4 cm³/mol. The number of aromatic nitrogens is 1. The number of thiazole rings is 1. The van der Waals surface area contributed by atoms with Gasteiger partial charge in [0, 0.05) is 6.54 Å². The summed E-state index contributed by atoms with van der Waals surface area (Å²) in [5.41, 5.74) is 1.05. The van der Waals surface area contributed by atoms with Gasteiger partial charge in [-0.05, 0) is 12.1 Å². The van der Waals surface area contributed by atoms with Crippen LogP contribution in [0.1, 0.15) is 0 Å². The number of hydrogen-bond acceptors (Lipinski definition) is 3. The van der Waals surface area contributed by atoms with Gasteiger partial charge in [0.05, 0.1) is 15.5 Å². The topological polar surface area (TPSA) is 46.7 Å². The molecule has 0 atom stereocenters. The predicted octanol–water partition coefficient (Wildman–Crippen LogP) is 2.47. The zero-order chi connectivity index (χ0) is 10.7. The van der Waals surface area contributed by atoms with Gasteiger partial charge in [-0.1, -0.05) is 34.6 Å². The molecule has 0 aliphatic rings. The summed E-state index contributed by atoms with van der Waals surface area (Å²) < 4.78 is 3.00. The molecule has 0 unspecified atom stereocenters. The van der Waals surface area contributed by atoms with E-state index in [0.717, 1.165) is 10.2 Å². The van der Waals surface area contributed by atoms with Crippen molar-refractivity contribution in [2.24, 2.45) is 10.4 Å².